The van der Waals surface area contributed by atoms with Crippen molar-refractivity contribution >= 4 is 11.6 Å². The van der Waals surface area contributed by atoms with E-state index < -0.39 is 0 Å². The third-order valence-corrected chi connectivity index (χ3v) is 2.83. The summed E-state index contributed by atoms with van der Waals surface area (Å²) in [6.07, 6.45) is 2.35. The Morgan fingerprint density at radius 2 is 2.33 bits per heavy atom. The van der Waals surface area contributed by atoms with Crippen molar-refractivity contribution in [1.82, 2.24) is 0 Å². The van der Waals surface area contributed by atoms with Crippen molar-refractivity contribution in [2.24, 2.45) is 5.73 Å². The molecule has 0 unspecified atom stereocenters. The van der Waals surface area contributed by atoms with Crippen molar-refractivity contribution in [1.29, 1.82) is 0 Å². The quantitative estimate of drug-likeness (QED) is 0.707. The van der Waals surface area contributed by atoms with Gasteiger partial charge in [0.1, 0.15) is 0 Å². The van der Waals surface area contributed by atoms with E-state index in [9.17, 15) is 0 Å². The van der Waals surface area contributed by atoms with Gasteiger partial charge in [-0.25, -0.2) is 0 Å². The Labute approximate surface area is 77.5 Å². The van der Waals surface area contributed by atoms with E-state index in [-0.39, 0.29) is 0 Å². The van der Waals surface area contributed by atoms with Crippen LogP contribution in [0.25, 0.3) is 0 Å². The number of hydrogen-bond acceptors (Lipinski definition) is 1. The van der Waals surface area contributed by atoms with Gasteiger partial charge in [-0.1, -0.05) is 17.7 Å². The fourth-order valence-electron chi connectivity index (χ4n) is 1.90. The van der Waals surface area contributed by atoms with Crippen molar-refractivity contribution < 1.29 is 0 Å². The molecule has 64 valence electrons. The van der Waals surface area contributed by atoms with Gasteiger partial charge in [-0.15, -0.1) is 0 Å². The Balaban J connectivity index is 2.42. The third-order valence-electron chi connectivity index (χ3n) is 2.59. The van der Waals surface area contributed by atoms with E-state index in [2.05, 4.69) is 12.1 Å². The maximum Gasteiger partial charge on any atom is 0.0409 e. The summed E-state index contributed by atoms with van der Waals surface area (Å²) in [4.78, 5) is 0. The second-order valence-electron chi connectivity index (χ2n) is 3.31. The van der Waals surface area contributed by atoms with Crippen molar-refractivity contribution in [3.8, 4) is 0 Å². The average Bonchev–Trinajstić information content (AvgIpc) is 2.46. The molecule has 0 spiro atoms. The zero-order valence-corrected chi connectivity index (χ0v) is 7.64. The molecule has 1 aromatic rings. The largest absolute Gasteiger partial charge is 0.330 e. The minimum Gasteiger partial charge on any atom is -0.330 e. The predicted molar refractivity (Wildman–Crippen MR) is 51.6 cm³/mol. The highest BCUT2D eigenvalue weighted by atomic mass is 35.5. The molecule has 0 saturated heterocycles. The molecule has 0 aliphatic heterocycles. The molecule has 2 N–H and O–H groups in total. The Bertz CT molecular complexity index is 296. The van der Waals surface area contributed by atoms with Gasteiger partial charge in [0.25, 0.3) is 0 Å². The summed E-state index contributed by atoms with van der Waals surface area (Å²) in [5, 5.41) is 0.828. The number of benzene rings is 1. The van der Waals surface area contributed by atoms with E-state index in [0.29, 0.717) is 5.92 Å². The van der Waals surface area contributed by atoms with Crippen molar-refractivity contribution in [3.63, 3.8) is 0 Å². The Morgan fingerprint density at radius 3 is 3.08 bits per heavy atom. The molecule has 1 aliphatic carbocycles. The molecule has 0 aromatic heterocycles. The first kappa shape index (κ1) is 8.09. The van der Waals surface area contributed by atoms with Crippen LogP contribution in [0.1, 0.15) is 23.5 Å². The summed E-state index contributed by atoms with van der Waals surface area (Å²) in [6.45, 7) is 0.743. The number of aryl methyl sites for hydroxylation is 1. The van der Waals surface area contributed by atoms with Gasteiger partial charge in [0, 0.05) is 5.02 Å². The Hall–Kier alpha value is -0.530. The van der Waals surface area contributed by atoms with Crippen molar-refractivity contribution in [2.45, 2.75) is 18.8 Å². The molecule has 1 atom stereocenters. The standard InChI is InChI=1S/C10H12ClN/c11-9-4-3-7-1-2-8(6-12)10(7)5-9/h3-5,8H,1-2,6,12H2/t8-/m0/s1. The molecule has 0 saturated carbocycles. The second-order valence-corrected chi connectivity index (χ2v) is 3.75. The third kappa shape index (κ3) is 1.23. The Morgan fingerprint density at radius 1 is 1.50 bits per heavy atom. The highest BCUT2D eigenvalue weighted by molar-refractivity contribution is 6.30. The van der Waals surface area contributed by atoms with Gasteiger partial charge in [0.05, 0.1) is 0 Å². The molecule has 2 heteroatoms. The molecule has 1 aliphatic rings. The van der Waals surface area contributed by atoms with E-state index >= 15 is 0 Å². The summed E-state index contributed by atoms with van der Waals surface area (Å²) in [5.41, 5.74) is 8.45. The minimum atomic E-state index is 0.540. The molecule has 0 bridgehead atoms. The van der Waals surface area contributed by atoms with Crippen LogP contribution in [-0.2, 0) is 6.42 Å². The van der Waals surface area contributed by atoms with Gasteiger partial charge in [-0.05, 0) is 48.6 Å². The normalized spacial score (nSPS) is 21.0. The van der Waals surface area contributed by atoms with Gasteiger partial charge in [-0.2, -0.15) is 0 Å². The highest BCUT2D eigenvalue weighted by Crippen LogP contribution is 2.33. The maximum atomic E-state index is 5.90. The van der Waals surface area contributed by atoms with Crippen molar-refractivity contribution in [2.75, 3.05) is 6.54 Å². The lowest BCUT2D eigenvalue weighted by atomic mass is 10.0. The van der Waals surface area contributed by atoms with Crippen LogP contribution < -0.4 is 5.73 Å². The van der Waals surface area contributed by atoms with Gasteiger partial charge >= 0.3 is 0 Å². The number of hydrogen-bond donors (Lipinski definition) is 1. The van der Waals surface area contributed by atoms with Gasteiger partial charge in [-0.3, -0.25) is 0 Å². The lowest BCUT2D eigenvalue weighted by Gasteiger charge is -2.07. The minimum absolute atomic E-state index is 0.540. The first-order chi connectivity index (χ1) is 5.81. The fourth-order valence-corrected chi connectivity index (χ4v) is 2.08. The first-order valence-electron chi connectivity index (χ1n) is 4.29. The van der Waals surface area contributed by atoms with Crippen LogP contribution in [0.5, 0.6) is 0 Å². The van der Waals surface area contributed by atoms with Gasteiger partial charge in [0.15, 0.2) is 0 Å². The molecule has 1 aromatic carbocycles. The highest BCUT2D eigenvalue weighted by Gasteiger charge is 2.20. The fraction of sp³-hybridized carbons (Fsp3) is 0.400. The van der Waals surface area contributed by atoms with Crippen LogP contribution in [0.15, 0.2) is 18.2 Å². The number of rotatable bonds is 1. The predicted octanol–water partition coefficient (Wildman–Crippen LogP) is 2.33. The zero-order valence-electron chi connectivity index (χ0n) is 6.89. The van der Waals surface area contributed by atoms with Crippen molar-refractivity contribution in [3.05, 3.63) is 34.3 Å². The second kappa shape index (κ2) is 3.08. The zero-order chi connectivity index (χ0) is 8.55. The smallest absolute Gasteiger partial charge is 0.0409 e. The van der Waals surface area contributed by atoms with Crippen LogP contribution in [0.4, 0.5) is 0 Å². The first-order valence-corrected chi connectivity index (χ1v) is 4.67. The van der Waals surface area contributed by atoms with E-state index in [1.807, 2.05) is 6.07 Å². The van der Waals surface area contributed by atoms with Crippen LogP contribution in [0, 0.1) is 0 Å². The van der Waals surface area contributed by atoms with Gasteiger partial charge < -0.3 is 5.73 Å². The summed E-state index contributed by atoms with van der Waals surface area (Å²) in [6, 6.07) is 6.13. The summed E-state index contributed by atoms with van der Waals surface area (Å²) >= 11 is 5.90. The number of nitrogens with two attached hydrogens (primary N) is 1. The average molecular weight is 182 g/mol. The number of fused-ring (bicyclic) bond motifs is 1. The van der Waals surface area contributed by atoms with Crippen LogP contribution in [-0.4, -0.2) is 6.54 Å². The molecule has 2 rings (SSSR count). The summed E-state index contributed by atoms with van der Waals surface area (Å²) < 4.78 is 0. The van der Waals surface area contributed by atoms with E-state index in [1.54, 1.807) is 0 Å². The molecular weight excluding hydrogens is 170 g/mol. The molecule has 12 heavy (non-hydrogen) atoms. The van der Waals surface area contributed by atoms with Gasteiger partial charge in [0.2, 0.25) is 0 Å². The van der Waals surface area contributed by atoms with E-state index in [1.165, 1.54) is 17.5 Å². The van der Waals surface area contributed by atoms with Crippen LogP contribution >= 0.6 is 11.6 Å². The SMILES string of the molecule is NC[C@@H]1CCc2ccc(Cl)cc21. The summed E-state index contributed by atoms with van der Waals surface area (Å²) in [5.74, 6) is 0.540. The van der Waals surface area contributed by atoms with E-state index in [4.69, 9.17) is 17.3 Å². The van der Waals surface area contributed by atoms with E-state index in [0.717, 1.165) is 18.0 Å². The molecule has 1 nitrogen and oxygen atoms in total. The molecule has 0 amide bonds. The topological polar surface area (TPSA) is 26.0 Å². The molecular formula is C10H12ClN. The molecule has 0 radical (unpaired) electrons. The lowest BCUT2D eigenvalue weighted by Crippen LogP contribution is -2.09. The molecule has 0 fully saturated rings. The van der Waals surface area contributed by atoms with Crippen LogP contribution in [0.3, 0.4) is 0 Å². The molecule has 0 heterocycles. The maximum absolute atomic E-state index is 5.90. The van der Waals surface area contributed by atoms with Crippen LogP contribution in [0.2, 0.25) is 5.02 Å². The monoisotopic (exact) mass is 181 g/mol. The number of halogens is 1. The lowest BCUT2D eigenvalue weighted by molar-refractivity contribution is 0.688. The Kier molecular flexibility index (Phi) is 2.07. The summed E-state index contributed by atoms with van der Waals surface area (Å²) in [7, 11) is 0.